The Bertz CT molecular complexity index is 926. The molecule has 0 aliphatic heterocycles. The van der Waals surface area contributed by atoms with Gasteiger partial charge in [0.2, 0.25) is 0 Å². The van der Waals surface area contributed by atoms with Gasteiger partial charge in [0.1, 0.15) is 0 Å². The molecule has 0 saturated heterocycles. The summed E-state index contributed by atoms with van der Waals surface area (Å²) in [6.07, 6.45) is 2.26. The average molecular weight is 563 g/mol. The summed E-state index contributed by atoms with van der Waals surface area (Å²) in [4.78, 5) is 0. The fourth-order valence-corrected chi connectivity index (χ4v) is 3.71. The summed E-state index contributed by atoms with van der Waals surface area (Å²) >= 11 is -0.826. The zero-order valence-electron chi connectivity index (χ0n) is 20.8. The Hall–Kier alpha value is -0.660. The van der Waals surface area contributed by atoms with Gasteiger partial charge in [-0.2, -0.15) is 12.1 Å². The minimum atomic E-state index is -0.826. The zero-order valence-corrected chi connectivity index (χ0v) is 25.8. The van der Waals surface area contributed by atoms with Crippen LogP contribution in [0.1, 0.15) is 47.2 Å². The Morgan fingerprint density at radius 1 is 0.688 bits per heavy atom. The van der Waals surface area contributed by atoms with Crippen molar-refractivity contribution in [3.05, 3.63) is 81.9 Å². The second kappa shape index (κ2) is 15.3. The van der Waals surface area contributed by atoms with Gasteiger partial charge in [0.15, 0.2) is 0 Å². The van der Waals surface area contributed by atoms with Gasteiger partial charge in [-0.25, -0.2) is 0 Å². The van der Waals surface area contributed by atoms with Crippen molar-refractivity contribution in [3.8, 4) is 0 Å². The molecule has 4 heteroatoms. The third kappa shape index (κ3) is 8.28. The molecule has 0 unspecified atom stereocenters. The summed E-state index contributed by atoms with van der Waals surface area (Å²) in [7, 11) is 11.0. The van der Waals surface area contributed by atoms with Crippen LogP contribution >= 0.6 is 17.0 Å². The van der Waals surface area contributed by atoms with Crippen molar-refractivity contribution >= 4 is 48.1 Å². The second-order valence-corrected chi connectivity index (χ2v) is 12.8. The van der Waals surface area contributed by atoms with Gasteiger partial charge in [-0.3, -0.25) is 0 Å². The van der Waals surface area contributed by atoms with Crippen molar-refractivity contribution in [1.29, 1.82) is 0 Å². The van der Waals surface area contributed by atoms with Crippen molar-refractivity contribution in [3.63, 3.8) is 0 Å². The number of rotatable bonds is 2. The van der Waals surface area contributed by atoms with Crippen molar-refractivity contribution in [2.75, 3.05) is 0 Å². The van der Waals surface area contributed by atoms with Crippen molar-refractivity contribution < 1.29 is 20.8 Å². The predicted molar refractivity (Wildman–Crippen MR) is 146 cm³/mol. The summed E-state index contributed by atoms with van der Waals surface area (Å²) in [5.74, 6) is 0. The van der Waals surface area contributed by atoms with Gasteiger partial charge in [-0.1, -0.05) is 64.0 Å². The quantitative estimate of drug-likeness (QED) is 0.169. The number of benzene rings is 2. The number of aryl methyl sites for hydroxylation is 6. The topological polar surface area (TPSA) is 0 Å². The SMILES string of the molecule is CCc1cc2c(C)ccc(C)c2[cH-]1.CCc1cc2c(C)ccc(C)c2[cH-]1.C[Si]C.[Cl][Zr+2][Cl]. The Labute approximate surface area is 216 Å². The fraction of sp³-hybridized carbons (Fsp3) is 0.357. The summed E-state index contributed by atoms with van der Waals surface area (Å²) in [5.41, 5.74) is 8.46. The van der Waals surface area contributed by atoms with Gasteiger partial charge in [-0.05, 0) is 26.7 Å². The van der Waals surface area contributed by atoms with Crippen LogP contribution in [0.4, 0.5) is 0 Å². The fourth-order valence-electron chi connectivity index (χ4n) is 3.71. The van der Waals surface area contributed by atoms with Gasteiger partial charge in [0, 0.05) is 9.52 Å². The summed E-state index contributed by atoms with van der Waals surface area (Å²) in [6, 6.07) is 18.1. The molecular formula is C28H36Cl2SiZr. The Balaban J connectivity index is 0.000000258. The molecule has 0 aliphatic rings. The monoisotopic (exact) mass is 560 g/mol. The standard InChI is InChI=1S/2C13H15.C2H6Si.2ClH.Zr/c2*1-4-11-7-12-9(2)5-6-10(3)13(12)8-11;1-3-2;;;/h2*5-8H,4H2,1-3H3;1-2H3;2*1H;/q2*-1;;;;+4/p-2. The molecule has 0 amide bonds. The van der Waals surface area contributed by atoms with Gasteiger partial charge in [0.05, 0.1) is 0 Å². The van der Waals surface area contributed by atoms with E-state index in [1.807, 2.05) is 0 Å². The first-order valence-electron chi connectivity index (χ1n) is 11.1. The predicted octanol–water partition coefficient (Wildman–Crippen LogP) is 9.64. The van der Waals surface area contributed by atoms with Crippen LogP contribution in [-0.2, 0) is 33.7 Å². The van der Waals surface area contributed by atoms with Crippen LogP contribution in [0.25, 0.3) is 21.5 Å². The molecule has 0 bridgehead atoms. The van der Waals surface area contributed by atoms with E-state index in [2.05, 4.69) is 103 Å². The third-order valence-corrected chi connectivity index (χ3v) is 5.58. The van der Waals surface area contributed by atoms with Crippen LogP contribution in [0, 0.1) is 27.7 Å². The minimum absolute atomic E-state index is 0.826. The van der Waals surface area contributed by atoms with Crippen LogP contribution in [0.15, 0.2) is 48.5 Å². The Morgan fingerprint density at radius 2 is 0.969 bits per heavy atom. The van der Waals surface area contributed by atoms with Crippen LogP contribution in [0.3, 0.4) is 0 Å². The molecule has 0 aromatic heterocycles. The maximum atomic E-state index is 4.93. The third-order valence-electron chi connectivity index (χ3n) is 5.58. The molecule has 0 spiro atoms. The molecule has 4 aromatic rings. The van der Waals surface area contributed by atoms with Gasteiger partial charge in [-0.15, -0.1) is 68.1 Å². The van der Waals surface area contributed by atoms with Crippen LogP contribution in [-0.4, -0.2) is 9.52 Å². The van der Waals surface area contributed by atoms with Crippen LogP contribution in [0.2, 0.25) is 13.1 Å². The molecule has 0 aliphatic carbocycles. The van der Waals surface area contributed by atoms with E-state index in [1.165, 1.54) is 54.9 Å². The number of fused-ring (bicyclic) bond motifs is 2. The van der Waals surface area contributed by atoms with Crippen LogP contribution in [0.5, 0.6) is 0 Å². The van der Waals surface area contributed by atoms with Crippen molar-refractivity contribution in [2.24, 2.45) is 0 Å². The van der Waals surface area contributed by atoms with E-state index in [0.29, 0.717) is 0 Å². The number of hydrogen-bond acceptors (Lipinski definition) is 0. The molecule has 32 heavy (non-hydrogen) atoms. The first-order valence-corrected chi connectivity index (χ1v) is 19.5. The van der Waals surface area contributed by atoms with E-state index in [-0.39, 0.29) is 0 Å². The first kappa shape index (κ1) is 29.4. The molecule has 0 atom stereocenters. The average Bonchev–Trinajstić information content (AvgIpc) is 3.41. The molecule has 170 valence electrons. The summed E-state index contributed by atoms with van der Waals surface area (Å²) in [5, 5.41) is 5.71. The van der Waals surface area contributed by atoms with Crippen molar-refractivity contribution in [2.45, 2.75) is 67.5 Å². The number of hydrogen-bond donors (Lipinski definition) is 0. The maximum absolute atomic E-state index is 4.93. The van der Waals surface area contributed by atoms with E-state index in [4.69, 9.17) is 17.0 Å². The van der Waals surface area contributed by atoms with E-state index < -0.39 is 20.8 Å². The molecule has 4 rings (SSSR count). The molecule has 0 N–H and O–H groups in total. The van der Waals surface area contributed by atoms with E-state index in [0.717, 1.165) is 22.4 Å². The molecule has 0 fully saturated rings. The molecule has 0 heterocycles. The normalized spacial score (nSPS) is 9.81. The Morgan fingerprint density at radius 3 is 1.22 bits per heavy atom. The van der Waals surface area contributed by atoms with Crippen molar-refractivity contribution in [1.82, 2.24) is 0 Å². The van der Waals surface area contributed by atoms with E-state index in [9.17, 15) is 0 Å². The van der Waals surface area contributed by atoms with Gasteiger partial charge >= 0.3 is 37.9 Å². The summed E-state index contributed by atoms with van der Waals surface area (Å²) in [6.45, 7) is 17.4. The molecular weight excluding hydrogens is 527 g/mol. The molecule has 4 aromatic carbocycles. The van der Waals surface area contributed by atoms with Gasteiger partial charge in [0.25, 0.3) is 0 Å². The summed E-state index contributed by atoms with van der Waals surface area (Å²) < 4.78 is 0. The molecule has 2 radical (unpaired) electrons. The van der Waals surface area contributed by atoms with E-state index in [1.54, 1.807) is 0 Å². The van der Waals surface area contributed by atoms with Gasteiger partial charge < -0.3 is 0 Å². The number of halogens is 2. The molecule has 0 saturated carbocycles. The molecule has 0 nitrogen and oxygen atoms in total. The first-order chi connectivity index (χ1) is 15.3. The Kier molecular flexibility index (Phi) is 14.0. The van der Waals surface area contributed by atoms with E-state index >= 15 is 0 Å². The van der Waals surface area contributed by atoms with Crippen LogP contribution < -0.4 is 0 Å². The zero-order chi connectivity index (χ0) is 24.3. The second-order valence-electron chi connectivity index (χ2n) is 8.06.